The van der Waals surface area contributed by atoms with Gasteiger partial charge < -0.3 is 5.11 Å². The van der Waals surface area contributed by atoms with Gasteiger partial charge in [-0.15, -0.1) is 11.3 Å². The van der Waals surface area contributed by atoms with E-state index in [1.165, 1.54) is 15.1 Å². The number of rotatable bonds is 5. The topological polar surface area (TPSA) is 50.9 Å². The molecule has 3 aromatic rings. The van der Waals surface area contributed by atoms with Crippen molar-refractivity contribution in [2.75, 3.05) is 6.61 Å². The highest BCUT2D eigenvalue weighted by atomic mass is 32.1. The second-order valence-corrected chi connectivity index (χ2v) is 5.81. The van der Waals surface area contributed by atoms with E-state index in [2.05, 4.69) is 29.1 Å². The predicted octanol–water partition coefficient (Wildman–Crippen LogP) is 3.10. The van der Waals surface area contributed by atoms with Crippen molar-refractivity contribution in [3.05, 3.63) is 36.3 Å². The Hall–Kier alpha value is -1.72. The first-order chi connectivity index (χ1) is 9.81. The molecule has 5 heteroatoms. The van der Waals surface area contributed by atoms with Gasteiger partial charge in [0, 0.05) is 22.8 Å². The third kappa shape index (κ3) is 2.46. The number of hydrogen-bond acceptors (Lipinski definition) is 4. The van der Waals surface area contributed by atoms with Gasteiger partial charge >= 0.3 is 0 Å². The van der Waals surface area contributed by atoms with Crippen LogP contribution >= 0.6 is 11.3 Å². The molecule has 0 radical (unpaired) electrons. The Kier molecular flexibility index (Phi) is 3.80. The zero-order chi connectivity index (χ0) is 13.9. The molecule has 0 atom stereocenters. The van der Waals surface area contributed by atoms with Crippen LogP contribution in [-0.2, 0) is 13.0 Å². The molecule has 1 N–H and O–H groups in total. The van der Waals surface area contributed by atoms with E-state index < -0.39 is 0 Å². The number of hydrogen-bond donors (Lipinski definition) is 1. The first-order valence-electron chi connectivity index (χ1n) is 6.83. The highest BCUT2D eigenvalue weighted by molar-refractivity contribution is 7.22. The third-order valence-electron chi connectivity index (χ3n) is 3.26. The fraction of sp³-hybridized carbons (Fsp3) is 0.333. The lowest BCUT2D eigenvalue weighted by Crippen LogP contribution is -2.01. The Morgan fingerprint density at radius 2 is 2.30 bits per heavy atom. The van der Waals surface area contributed by atoms with Gasteiger partial charge in [0.15, 0.2) is 0 Å². The molecular weight excluding hydrogens is 270 g/mol. The van der Waals surface area contributed by atoms with Crippen LogP contribution in [0.5, 0.6) is 0 Å². The fourth-order valence-corrected chi connectivity index (χ4v) is 3.45. The lowest BCUT2D eigenvalue weighted by Gasteiger charge is -1.98. The number of pyridine rings is 1. The summed E-state index contributed by atoms with van der Waals surface area (Å²) in [5.74, 6) is 0. The molecule has 104 valence electrons. The average molecular weight is 287 g/mol. The molecule has 0 aliphatic heterocycles. The van der Waals surface area contributed by atoms with Crippen LogP contribution in [0.1, 0.15) is 18.9 Å². The quantitative estimate of drug-likeness (QED) is 0.784. The molecule has 0 bridgehead atoms. The van der Waals surface area contributed by atoms with Crippen LogP contribution in [0.3, 0.4) is 0 Å². The second kappa shape index (κ2) is 5.73. The third-order valence-corrected chi connectivity index (χ3v) is 4.51. The molecule has 20 heavy (non-hydrogen) atoms. The smallest absolute Gasteiger partial charge is 0.0818 e. The van der Waals surface area contributed by atoms with E-state index in [9.17, 15) is 0 Å². The summed E-state index contributed by atoms with van der Waals surface area (Å²) in [6.07, 6.45) is 7.93. The van der Waals surface area contributed by atoms with Gasteiger partial charge in [-0.25, -0.2) is 0 Å². The van der Waals surface area contributed by atoms with Crippen LogP contribution in [-0.4, -0.2) is 26.5 Å². The largest absolute Gasteiger partial charge is 0.394 e. The second-order valence-electron chi connectivity index (χ2n) is 4.76. The number of aliphatic hydroxyl groups excluding tert-OH is 1. The normalized spacial score (nSPS) is 11.3. The maximum absolute atomic E-state index is 8.94. The maximum atomic E-state index is 8.94. The van der Waals surface area contributed by atoms with Gasteiger partial charge in [0.25, 0.3) is 0 Å². The summed E-state index contributed by atoms with van der Waals surface area (Å²) >= 11 is 1.77. The Morgan fingerprint density at radius 1 is 1.40 bits per heavy atom. The SMILES string of the molecule is CCCc1ccnc2cc(-c3cnn(CCO)c3)sc12. The average Bonchev–Trinajstić information content (AvgIpc) is 3.06. The summed E-state index contributed by atoms with van der Waals surface area (Å²) < 4.78 is 3.04. The molecule has 0 amide bonds. The minimum atomic E-state index is 0.107. The van der Waals surface area contributed by atoms with Crippen LogP contribution in [0.15, 0.2) is 30.7 Å². The Balaban J connectivity index is 2.01. The molecule has 4 nitrogen and oxygen atoms in total. The van der Waals surface area contributed by atoms with Gasteiger partial charge in [-0.05, 0) is 24.1 Å². The molecule has 3 heterocycles. The summed E-state index contributed by atoms with van der Waals surface area (Å²) in [4.78, 5) is 5.64. The van der Waals surface area contributed by atoms with E-state index in [0.29, 0.717) is 6.54 Å². The van der Waals surface area contributed by atoms with Crippen molar-refractivity contribution in [3.8, 4) is 10.4 Å². The first kappa shape index (κ1) is 13.3. The zero-order valence-electron chi connectivity index (χ0n) is 11.4. The fourth-order valence-electron chi connectivity index (χ4n) is 2.31. The van der Waals surface area contributed by atoms with Crippen LogP contribution in [0.4, 0.5) is 0 Å². The van der Waals surface area contributed by atoms with Crippen molar-refractivity contribution < 1.29 is 5.11 Å². The Labute approximate surface area is 121 Å². The van der Waals surface area contributed by atoms with Crippen LogP contribution in [0.25, 0.3) is 20.7 Å². The van der Waals surface area contributed by atoms with Crippen molar-refractivity contribution in [2.45, 2.75) is 26.3 Å². The Bertz CT molecular complexity index is 717. The molecule has 0 aliphatic rings. The number of aliphatic hydroxyl groups is 1. The number of aromatic nitrogens is 3. The van der Waals surface area contributed by atoms with Gasteiger partial charge in [0.1, 0.15) is 0 Å². The molecule has 0 fully saturated rings. The van der Waals surface area contributed by atoms with Gasteiger partial charge in [-0.2, -0.15) is 5.10 Å². The molecule has 0 saturated heterocycles. The van der Waals surface area contributed by atoms with E-state index >= 15 is 0 Å². The highest BCUT2D eigenvalue weighted by Crippen LogP contribution is 2.34. The number of nitrogens with zero attached hydrogens (tertiary/aromatic N) is 3. The van der Waals surface area contributed by atoms with E-state index in [-0.39, 0.29) is 6.61 Å². The molecule has 0 aromatic carbocycles. The molecule has 0 unspecified atom stereocenters. The number of thiophene rings is 1. The molecule has 3 rings (SSSR count). The van der Waals surface area contributed by atoms with Crippen molar-refractivity contribution in [3.63, 3.8) is 0 Å². The lowest BCUT2D eigenvalue weighted by atomic mass is 10.1. The van der Waals surface area contributed by atoms with Crippen molar-refractivity contribution in [1.29, 1.82) is 0 Å². The lowest BCUT2D eigenvalue weighted by molar-refractivity contribution is 0.269. The van der Waals surface area contributed by atoms with Crippen molar-refractivity contribution in [1.82, 2.24) is 14.8 Å². The summed E-state index contributed by atoms with van der Waals surface area (Å²) in [5.41, 5.74) is 3.52. The summed E-state index contributed by atoms with van der Waals surface area (Å²) in [6, 6.07) is 4.24. The summed E-state index contributed by atoms with van der Waals surface area (Å²) in [6.45, 7) is 2.83. The number of fused-ring (bicyclic) bond motifs is 1. The standard InChI is InChI=1S/C15H17N3OS/c1-2-3-11-4-5-16-13-8-14(20-15(11)13)12-9-17-18(10-12)6-7-19/h4-5,8-10,19H,2-3,6-7H2,1H3. The van der Waals surface area contributed by atoms with E-state index in [1.54, 1.807) is 16.0 Å². The van der Waals surface area contributed by atoms with Gasteiger partial charge in [0.2, 0.25) is 0 Å². The molecule has 0 spiro atoms. The van der Waals surface area contributed by atoms with Crippen molar-refractivity contribution >= 4 is 21.6 Å². The Morgan fingerprint density at radius 3 is 3.10 bits per heavy atom. The molecule has 0 saturated carbocycles. The highest BCUT2D eigenvalue weighted by Gasteiger charge is 2.10. The predicted molar refractivity (Wildman–Crippen MR) is 81.9 cm³/mol. The minimum Gasteiger partial charge on any atom is -0.394 e. The monoisotopic (exact) mass is 287 g/mol. The summed E-state index contributed by atoms with van der Waals surface area (Å²) in [5, 5.41) is 13.2. The van der Waals surface area contributed by atoms with Crippen molar-refractivity contribution in [2.24, 2.45) is 0 Å². The molecule has 0 aliphatic carbocycles. The van der Waals surface area contributed by atoms with Gasteiger partial charge in [-0.1, -0.05) is 13.3 Å². The van der Waals surface area contributed by atoms with Gasteiger partial charge in [0.05, 0.1) is 29.6 Å². The molecular formula is C15H17N3OS. The molecule has 3 aromatic heterocycles. The van der Waals surface area contributed by atoms with Crippen LogP contribution in [0, 0.1) is 0 Å². The number of aryl methyl sites for hydroxylation is 1. The van der Waals surface area contributed by atoms with E-state index in [4.69, 9.17) is 5.11 Å². The van der Waals surface area contributed by atoms with Crippen LogP contribution in [0.2, 0.25) is 0 Å². The minimum absolute atomic E-state index is 0.107. The van der Waals surface area contributed by atoms with E-state index in [0.717, 1.165) is 23.9 Å². The maximum Gasteiger partial charge on any atom is 0.0818 e. The zero-order valence-corrected chi connectivity index (χ0v) is 12.2. The van der Waals surface area contributed by atoms with Gasteiger partial charge in [-0.3, -0.25) is 9.67 Å². The first-order valence-corrected chi connectivity index (χ1v) is 7.64. The van der Waals surface area contributed by atoms with Crippen LogP contribution < -0.4 is 0 Å². The van der Waals surface area contributed by atoms with E-state index in [1.807, 2.05) is 18.6 Å². The summed E-state index contributed by atoms with van der Waals surface area (Å²) in [7, 11) is 0.